The van der Waals surface area contributed by atoms with Gasteiger partial charge >= 0.3 is 6.09 Å². The van der Waals surface area contributed by atoms with Crippen LogP contribution in [0.3, 0.4) is 0 Å². The smallest absolute Gasteiger partial charge is 0.409 e. The minimum absolute atomic E-state index is 0.0764. The molecule has 1 atom stereocenters. The standard InChI is InChI=1S/C13H24N2O3/c1-3-5-8-12(16)14-11-7-6-9-15(10-11)13(17)18-4-2/h11H,3-10H2,1-2H3,(H,14,16). The van der Waals surface area contributed by atoms with Crippen LogP contribution in [0.1, 0.15) is 46.0 Å². The summed E-state index contributed by atoms with van der Waals surface area (Å²) in [6, 6.07) is 0.0764. The maximum absolute atomic E-state index is 11.6. The number of nitrogens with one attached hydrogen (secondary N) is 1. The first-order valence-electron chi connectivity index (χ1n) is 6.88. The summed E-state index contributed by atoms with van der Waals surface area (Å²) in [6.45, 7) is 5.54. The van der Waals surface area contributed by atoms with E-state index in [-0.39, 0.29) is 18.0 Å². The number of amides is 2. The van der Waals surface area contributed by atoms with Crippen molar-refractivity contribution in [1.82, 2.24) is 10.2 Å². The third kappa shape index (κ3) is 4.94. The number of rotatable bonds is 5. The molecule has 0 radical (unpaired) electrons. The van der Waals surface area contributed by atoms with Crippen LogP contribution in [0.2, 0.25) is 0 Å². The zero-order valence-corrected chi connectivity index (χ0v) is 11.4. The maximum Gasteiger partial charge on any atom is 0.409 e. The highest BCUT2D eigenvalue weighted by Crippen LogP contribution is 2.11. The number of ether oxygens (including phenoxy) is 1. The van der Waals surface area contributed by atoms with Crippen LogP contribution in [-0.2, 0) is 9.53 Å². The van der Waals surface area contributed by atoms with Crippen molar-refractivity contribution in [3.63, 3.8) is 0 Å². The highest BCUT2D eigenvalue weighted by molar-refractivity contribution is 5.76. The van der Waals surface area contributed by atoms with Crippen LogP contribution in [0.5, 0.6) is 0 Å². The average Bonchev–Trinajstić information content (AvgIpc) is 2.37. The zero-order chi connectivity index (χ0) is 13.4. The van der Waals surface area contributed by atoms with E-state index in [2.05, 4.69) is 12.2 Å². The second-order valence-electron chi connectivity index (χ2n) is 4.66. The van der Waals surface area contributed by atoms with Gasteiger partial charge in [-0.2, -0.15) is 0 Å². The minimum atomic E-state index is -0.273. The molecule has 1 aliphatic heterocycles. The second kappa shape index (κ2) is 7.95. The van der Waals surface area contributed by atoms with Gasteiger partial charge in [0.1, 0.15) is 0 Å². The lowest BCUT2D eigenvalue weighted by Crippen LogP contribution is -2.49. The van der Waals surface area contributed by atoms with Crippen LogP contribution in [-0.4, -0.2) is 42.6 Å². The van der Waals surface area contributed by atoms with E-state index in [9.17, 15) is 9.59 Å². The molecule has 0 aromatic heterocycles. The monoisotopic (exact) mass is 256 g/mol. The van der Waals surface area contributed by atoms with Gasteiger partial charge in [0.2, 0.25) is 5.91 Å². The van der Waals surface area contributed by atoms with Gasteiger partial charge in [0.05, 0.1) is 6.61 Å². The number of nitrogens with zero attached hydrogens (tertiary/aromatic N) is 1. The molecule has 5 heteroatoms. The number of hydrogen-bond donors (Lipinski definition) is 1. The summed E-state index contributed by atoms with van der Waals surface area (Å²) >= 11 is 0. The van der Waals surface area contributed by atoms with Crippen LogP contribution in [0.25, 0.3) is 0 Å². The molecule has 0 aliphatic carbocycles. The summed E-state index contributed by atoms with van der Waals surface area (Å²) in [4.78, 5) is 24.9. The molecular formula is C13H24N2O3. The van der Waals surface area contributed by atoms with E-state index in [0.29, 0.717) is 19.6 Å². The molecule has 0 saturated carbocycles. The molecule has 1 fully saturated rings. The molecule has 1 heterocycles. The molecule has 0 bridgehead atoms. The van der Waals surface area contributed by atoms with Gasteiger partial charge in [-0.05, 0) is 26.2 Å². The highest BCUT2D eigenvalue weighted by Gasteiger charge is 2.25. The Morgan fingerprint density at radius 2 is 2.17 bits per heavy atom. The first-order chi connectivity index (χ1) is 8.67. The van der Waals surface area contributed by atoms with Gasteiger partial charge in [0.25, 0.3) is 0 Å². The molecule has 1 N–H and O–H groups in total. The maximum atomic E-state index is 11.6. The number of piperidine rings is 1. The van der Waals surface area contributed by atoms with Crippen molar-refractivity contribution in [3.05, 3.63) is 0 Å². The number of likely N-dealkylation sites (tertiary alicyclic amines) is 1. The summed E-state index contributed by atoms with van der Waals surface area (Å²) in [5, 5.41) is 2.99. The van der Waals surface area contributed by atoms with E-state index in [0.717, 1.165) is 32.2 Å². The number of hydrogen-bond acceptors (Lipinski definition) is 3. The minimum Gasteiger partial charge on any atom is -0.450 e. The van der Waals surface area contributed by atoms with E-state index >= 15 is 0 Å². The van der Waals surface area contributed by atoms with Crippen molar-refractivity contribution in [2.24, 2.45) is 0 Å². The van der Waals surface area contributed by atoms with Crippen molar-refractivity contribution < 1.29 is 14.3 Å². The first-order valence-corrected chi connectivity index (χ1v) is 6.88. The second-order valence-corrected chi connectivity index (χ2v) is 4.66. The fraction of sp³-hybridized carbons (Fsp3) is 0.846. The lowest BCUT2D eigenvalue weighted by molar-refractivity contribution is -0.122. The van der Waals surface area contributed by atoms with Crippen LogP contribution in [0.15, 0.2) is 0 Å². The van der Waals surface area contributed by atoms with Crippen molar-refractivity contribution in [2.75, 3.05) is 19.7 Å². The van der Waals surface area contributed by atoms with Crippen molar-refractivity contribution in [1.29, 1.82) is 0 Å². The summed E-state index contributed by atoms with van der Waals surface area (Å²) in [5.41, 5.74) is 0. The van der Waals surface area contributed by atoms with Crippen LogP contribution < -0.4 is 5.32 Å². The molecule has 0 aromatic carbocycles. The summed E-state index contributed by atoms with van der Waals surface area (Å²) < 4.78 is 4.97. The fourth-order valence-corrected chi connectivity index (χ4v) is 2.11. The van der Waals surface area contributed by atoms with Crippen LogP contribution >= 0.6 is 0 Å². The van der Waals surface area contributed by atoms with E-state index in [4.69, 9.17) is 4.74 Å². The van der Waals surface area contributed by atoms with E-state index < -0.39 is 0 Å². The summed E-state index contributed by atoms with van der Waals surface area (Å²) in [7, 11) is 0. The van der Waals surface area contributed by atoms with Gasteiger partial charge in [-0.25, -0.2) is 4.79 Å². The Bertz CT molecular complexity index is 281. The normalized spacial score (nSPS) is 19.4. The molecule has 2 amide bonds. The van der Waals surface area contributed by atoms with Crippen molar-refractivity contribution >= 4 is 12.0 Å². The lowest BCUT2D eigenvalue weighted by atomic mass is 10.1. The Morgan fingerprint density at radius 3 is 2.83 bits per heavy atom. The molecule has 1 aliphatic rings. The predicted molar refractivity (Wildman–Crippen MR) is 69.3 cm³/mol. The van der Waals surface area contributed by atoms with E-state index in [1.165, 1.54) is 0 Å². The average molecular weight is 256 g/mol. The predicted octanol–water partition coefficient (Wildman–Crippen LogP) is 1.91. The zero-order valence-electron chi connectivity index (χ0n) is 11.4. The van der Waals surface area contributed by atoms with Crippen molar-refractivity contribution in [3.8, 4) is 0 Å². The third-order valence-corrected chi connectivity index (χ3v) is 3.07. The molecule has 104 valence electrons. The molecule has 1 unspecified atom stereocenters. The van der Waals surface area contributed by atoms with Gasteiger partial charge in [-0.1, -0.05) is 13.3 Å². The van der Waals surface area contributed by atoms with Gasteiger partial charge in [-0.15, -0.1) is 0 Å². The Balaban J connectivity index is 2.34. The summed E-state index contributed by atoms with van der Waals surface area (Å²) in [6.07, 6.45) is 4.09. The summed E-state index contributed by atoms with van der Waals surface area (Å²) in [5.74, 6) is 0.0903. The van der Waals surface area contributed by atoms with Crippen molar-refractivity contribution in [2.45, 2.75) is 52.0 Å². The molecular weight excluding hydrogens is 232 g/mol. The molecule has 18 heavy (non-hydrogen) atoms. The number of carbonyl (C=O) groups excluding carboxylic acids is 2. The molecule has 0 aromatic rings. The van der Waals surface area contributed by atoms with Crippen LogP contribution in [0.4, 0.5) is 4.79 Å². The van der Waals surface area contributed by atoms with Crippen LogP contribution in [0, 0.1) is 0 Å². The number of carbonyl (C=O) groups is 2. The SMILES string of the molecule is CCCCC(=O)NC1CCCN(C(=O)OCC)C1. The van der Waals surface area contributed by atoms with E-state index in [1.807, 2.05) is 0 Å². The lowest BCUT2D eigenvalue weighted by Gasteiger charge is -2.32. The molecule has 1 rings (SSSR count). The third-order valence-electron chi connectivity index (χ3n) is 3.07. The van der Waals surface area contributed by atoms with Gasteiger partial charge < -0.3 is 15.0 Å². The molecule has 5 nitrogen and oxygen atoms in total. The first kappa shape index (κ1) is 14.8. The highest BCUT2D eigenvalue weighted by atomic mass is 16.6. The topological polar surface area (TPSA) is 58.6 Å². The largest absolute Gasteiger partial charge is 0.450 e. The van der Waals surface area contributed by atoms with E-state index in [1.54, 1.807) is 11.8 Å². The van der Waals surface area contributed by atoms with Gasteiger partial charge in [-0.3, -0.25) is 4.79 Å². The molecule has 1 saturated heterocycles. The Morgan fingerprint density at radius 1 is 1.39 bits per heavy atom. The Labute approximate surface area is 109 Å². The fourth-order valence-electron chi connectivity index (χ4n) is 2.11. The Kier molecular flexibility index (Phi) is 6.54. The van der Waals surface area contributed by atoms with Gasteiger partial charge in [0, 0.05) is 25.6 Å². The van der Waals surface area contributed by atoms with Gasteiger partial charge in [0.15, 0.2) is 0 Å². The number of unbranched alkanes of at least 4 members (excludes halogenated alkanes) is 1. The quantitative estimate of drug-likeness (QED) is 0.817. The molecule has 0 spiro atoms. The Hall–Kier alpha value is -1.26.